The van der Waals surface area contributed by atoms with Crippen LogP contribution in [0.2, 0.25) is 10.0 Å². The highest BCUT2D eigenvalue weighted by Gasteiger charge is 2.16. The number of carbonyl (C=O) groups excluding carboxylic acids is 1. The minimum atomic E-state index is -3.90. The van der Waals surface area contributed by atoms with Crippen LogP contribution in [-0.2, 0) is 10.0 Å². The summed E-state index contributed by atoms with van der Waals surface area (Å²) in [6.45, 7) is 0. The monoisotopic (exact) mass is 450 g/mol. The molecule has 9 heteroatoms. The van der Waals surface area contributed by atoms with Gasteiger partial charge in [0, 0.05) is 16.9 Å². The van der Waals surface area contributed by atoms with Crippen LogP contribution in [0, 0.1) is 0 Å². The molecule has 0 aliphatic carbocycles. The summed E-state index contributed by atoms with van der Waals surface area (Å²) in [5, 5.41) is 3.12. The molecule has 6 nitrogen and oxygen atoms in total. The van der Waals surface area contributed by atoms with E-state index < -0.39 is 10.0 Å². The number of anilines is 2. The maximum absolute atomic E-state index is 12.6. The zero-order valence-corrected chi connectivity index (χ0v) is 17.5. The van der Waals surface area contributed by atoms with E-state index >= 15 is 0 Å². The number of halogens is 2. The van der Waals surface area contributed by atoms with Crippen molar-refractivity contribution in [3.63, 3.8) is 0 Å². The zero-order valence-electron chi connectivity index (χ0n) is 15.1. The summed E-state index contributed by atoms with van der Waals surface area (Å²) in [6.07, 6.45) is 0. The quantitative estimate of drug-likeness (QED) is 0.549. The van der Waals surface area contributed by atoms with Crippen molar-refractivity contribution >= 4 is 50.5 Å². The number of benzene rings is 3. The summed E-state index contributed by atoms with van der Waals surface area (Å²) in [6, 6.07) is 17.0. The van der Waals surface area contributed by atoms with Crippen molar-refractivity contribution < 1.29 is 17.9 Å². The third-order valence-electron chi connectivity index (χ3n) is 3.93. The van der Waals surface area contributed by atoms with Crippen molar-refractivity contribution in [1.82, 2.24) is 0 Å². The highest BCUT2D eigenvalue weighted by Crippen LogP contribution is 2.26. The predicted octanol–water partition coefficient (Wildman–Crippen LogP) is 5.06. The Hall–Kier alpha value is -2.74. The molecule has 0 bridgehead atoms. The Balaban J connectivity index is 1.77. The summed E-state index contributed by atoms with van der Waals surface area (Å²) < 4.78 is 32.7. The van der Waals surface area contributed by atoms with E-state index in [0.717, 1.165) is 0 Å². The Labute approximate surface area is 178 Å². The molecule has 0 aliphatic rings. The van der Waals surface area contributed by atoms with E-state index in [4.69, 9.17) is 27.9 Å². The summed E-state index contributed by atoms with van der Waals surface area (Å²) in [7, 11) is -2.35. The molecule has 2 N–H and O–H groups in total. The maximum atomic E-state index is 12.6. The molecule has 0 radical (unpaired) electrons. The molecular weight excluding hydrogens is 435 g/mol. The third kappa shape index (κ3) is 5.20. The summed E-state index contributed by atoms with van der Waals surface area (Å²) in [5.41, 5.74) is 1.10. The number of methoxy groups -OCH3 is 1. The van der Waals surface area contributed by atoms with Crippen LogP contribution < -0.4 is 14.8 Å². The second-order valence-electron chi connectivity index (χ2n) is 5.94. The van der Waals surface area contributed by atoms with Crippen LogP contribution in [0.3, 0.4) is 0 Å². The topological polar surface area (TPSA) is 84.5 Å². The van der Waals surface area contributed by atoms with Crippen LogP contribution in [0.15, 0.2) is 71.6 Å². The Morgan fingerprint density at radius 1 is 0.897 bits per heavy atom. The highest BCUT2D eigenvalue weighted by molar-refractivity contribution is 7.92. The van der Waals surface area contributed by atoms with Gasteiger partial charge in [-0.05, 0) is 60.7 Å². The first-order valence-electron chi connectivity index (χ1n) is 8.32. The Morgan fingerprint density at radius 3 is 2.28 bits per heavy atom. The van der Waals surface area contributed by atoms with Gasteiger partial charge in [-0.25, -0.2) is 8.42 Å². The average Bonchev–Trinajstić information content (AvgIpc) is 2.70. The van der Waals surface area contributed by atoms with Gasteiger partial charge in [-0.2, -0.15) is 0 Å². The third-order valence-corrected chi connectivity index (χ3v) is 6.04. The number of rotatable bonds is 6. The molecule has 150 valence electrons. The smallest absolute Gasteiger partial charge is 0.261 e. The normalized spacial score (nSPS) is 11.0. The zero-order chi connectivity index (χ0) is 21.0. The minimum absolute atomic E-state index is 0.0417. The summed E-state index contributed by atoms with van der Waals surface area (Å²) in [4.78, 5) is 12.4. The molecule has 0 saturated carbocycles. The first-order chi connectivity index (χ1) is 13.8. The molecule has 0 heterocycles. The van der Waals surface area contributed by atoms with E-state index in [-0.39, 0.29) is 32.1 Å². The SMILES string of the molecule is COc1ccc(NC(=O)c2cccc(NS(=O)(=O)c3ccc(Cl)c(Cl)c3)c2)cc1. The molecule has 0 aliphatic heterocycles. The molecule has 0 aromatic heterocycles. The predicted molar refractivity (Wildman–Crippen MR) is 115 cm³/mol. The molecule has 0 spiro atoms. The van der Waals surface area contributed by atoms with Crippen LogP contribution in [-0.4, -0.2) is 21.4 Å². The molecule has 0 atom stereocenters. The molecule has 3 rings (SSSR count). The van der Waals surface area contributed by atoms with E-state index in [0.29, 0.717) is 11.4 Å². The fourth-order valence-corrected chi connectivity index (χ4v) is 3.90. The number of hydrogen-bond donors (Lipinski definition) is 2. The second kappa shape index (κ2) is 8.73. The van der Waals surface area contributed by atoms with Crippen LogP contribution in [0.25, 0.3) is 0 Å². The standard InChI is InChI=1S/C20H16Cl2N2O4S/c1-28-16-7-5-14(6-8-16)23-20(25)13-3-2-4-15(11-13)24-29(26,27)17-9-10-18(21)19(22)12-17/h2-12,24H,1H3,(H,23,25). The van der Waals surface area contributed by atoms with E-state index in [9.17, 15) is 13.2 Å². The molecule has 0 unspecified atom stereocenters. The van der Waals surface area contributed by atoms with Crippen LogP contribution >= 0.6 is 23.2 Å². The average molecular weight is 451 g/mol. The van der Waals surface area contributed by atoms with Gasteiger partial charge in [0.15, 0.2) is 0 Å². The van der Waals surface area contributed by atoms with E-state index in [1.54, 1.807) is 49.6 Å². The number of ether oxygens (including phenoxy) is 1. The molecule has 0 fully saturated rings. The van der Waals surface area contributed by atoms with Crippen molar-refractivity contribution in [2.24, 2.45) is 0 Å². The van der Waals surface area contributed by atoms with Gasteiger partial charge in [0.2, 0.25) is 0 Å². The van der Waals surface area contributed by atoms with Gasteiger partial charge in [0.1, 0.15) is 5.75 Å². The fraction of sp³-hybridized carbons (Fsp3) is 0.0500. The molecule has 0 saturated heterocycles. The van der Waals surface area contributed by atoms with Crippen molar-refractivity contribution in [2.45, 2.75) is 4.90 Å². The van der Waals surface area contributed by atoms with Gasteiger partial charge in [0.25, 0.3) is 15.9 Å². The van der Waals surface area contributed by atoms with Crippen molar-refractivity contribution in [3.05, 3.63) is 82.3 Å². The fourth-order valence-electron chi connectivity index (χ4n) is 2.46. The van der Waals surface area contributed by atoms with Gasteiger partial charge < -0.3 is 10.1 Å². The number of nitrogens with one attached hydrogen (secondary N) is 2. The number of amides is 1. The van der Waals surface area contributed by atoms with Gasteiger partial charge in [0.05, 0.1) is 22.1 Å². The lowest BCUT2D eigenvalue weighted by molar-refractivity contribution is 0.102. The lowest BCUT2D eigenvalue weighted by atomic mass is 10.2. The molecule has 29 heavy (non-hydrogen) atoms. The van der Waals surface area contributed by atoms with Crippen LogP contribution in [0.1, 0.15) is 10.4 Å². The summed E-state index contributed by atoms with van der Waals surface area (Å²) >= 11 is 11.7. The minimum Gasteiger partial charge on any atom is -0.497 e. The van der Waals surface area contributed by atoms with Crippen LogP contribution in [0.5, 0.6) is 5.75 Å². The Kier molecular flexibility index (Phi) is 6.32. The molecule has 3 aromatic rings. The lowest BCUT2D eigenvalue weighted by Gasteiger charge is -2.11. The van der Waals surface area contributed by atoms with E-state index in [2.05, 4.69) is 10.0 Å². The number of hydrogen-bond acceptors (Lipinski definition) is 4. The van der Waals surface area contributed by atoms with Gasteiger partial charge in [-0.1, -0.05) is 29.3 Å². The molecule has 3 aromatic carbocycles. The van der Waals surface area contributed by atoms with Crippen molar-refractivity contribution in [3.8, 4) is 5.75 Å². The highest BCUT2D eigenvalue weighted by atomic mass is 35.5. The van der Waals surface area contributed by atoms with E-state index in [1.165, 1.54) is 24.3 Å². The van der Waals surface area contributed by atoms with Gasteiger partial charge in [-0.15, -0.1) is 0 Å². The Bertz CT molecular complexity index is 1150. The Morgan fingerprint density at radius 2 is 1.62 bits per heavy atom. The number of sulfonamides is 1. The lowest BCUT2D eigenvalue weighted by Crippen LogP contribution is -2.15. The van der Waals surface area contributed by atoms with Crippen molar-refractivity contribution in [2.75, 3.05) is 17.1 Å². The maximum Gasteiger partial charge on any atom is 0.261 e. The molecule has 1 amide bonds. The second-order valence-corrected chi connectivity index (χ2v) is 8.44. The van der Waals surface area contributed by atoms with Gasteiger partial charge >= 0.3 is 0 Å². The van der Waals surface area contributed by atoms with E-state index in [1.807, 2.05) is 0 Å². The first-order valence-corrected chi connectivity index (χ1v) is 10.6. The largest absolute Gasteiger partial charge is 0.497 e. The summed E-state index contributed by atoms with van der Waals surface area (Å²) in [5.74, 6) is 0.285. The van der Waals surface area contributed by atoms with Crippen LogP contribution in [0.4, 0.5) is 11.4 Å². The first kappa shape index (κ1) is 21.0. The van der Waals surface area contributed by atoms with Crippen molar-refractivity contribution in [1.29, 1.82) is 0 Å². The van der Waals surface area contributed by atoms with Gasteiger partial charge in [-0.3, -0.25) is 9.52 Å². The molecular formula is C20H16Cl2N2O4S. The number of carbonyl (C=O) groups is 1.